The first kappa shape index (κ1) is 47.0. The van der Waals surface area contributed by atoms with Crippen LogP contribution in [-0.2, 0) is 0 Å². The summed E-state index contributed by atoms with van der Waals surface area (Å²) in [5, 5.41) is 38.3. The van der Waals surface area contributed by atoms with Gasteiger partial charge in [0.05, 0.1) is 53.7 Å². The summed E-state index contributed by atoms with van der Waals surface area (Å²) in [4.78, 5) is 21.0. The zero-order valence-electron chi connectivity index (χ0n) is 32.7. The first-order chi connectivity index (χ1) is 25.8. The Hall–Kier alpha value is -5.02. The Bertz CT molecular complexity index is 1510. The second-order valence-electron chi connectivity index (χ2n) is 13.1. The van der Waals surface area contributed by atoms with Crippen LogP contribution < -0.4 is 37.3 Å². The van der Waals surface area contributed by atoms with Crippen LogP contribution in [0, 0.1) is 39.0 Å². The van der Waals surface area contributed by atoms with Crippen molar-refractivity contribution in [1.29, 1.82) is 0 Å². The number of rotatable bonds is 21. The van der Waals surface area contributed by atoms with Gasteiger partial charge in [0.2, 0.25) is 0 Å². The van der Waals surface area contributed by atoms with E-state index in [1.807, 2.05) is 42.2 Å². The number of nitrogens with zero attached hydrogens (tertiary/aromatic N) is 3. The molecule has 0 bridgehead atoms. The van der Waals surface area contributed by atoms with Gasteiger partial charge in [0.15, 0.2) is 0 Å². The van der Waals surface area contributed by atoms with Crippen molar-refractivity contribution in [2.45, 2.75) is 86.0 Å². The van der Waals surface area contributed by atoms with Gasteiger partial charge in [-0.15, -0.1) is 0 Å². The van der Waals surface area contributed by atoms with Crippen molar-refractivity contribution in [3.05, 3.63) is 74.3 Å². The number of nitro benzene ring substituents is 2. The summed E-state index contributed by atoms with van der Waals surface area (Å²) >= 11 is 0. The molecule has 0 saturated carbocycles. The molecular formula is C39H63N7O8. The third-order valence-electron chi connectivity index (χ3n) is 8.96. The van der Waals surface area contributed by atoms with Crippen molar-refractivity contribution in [1.82, 2.24) is 0 Å². The van der Waals surface area contributed by atoms with E-state index in [0.29, 0.717) is 61.0 Å². The summed E-state index contributed by atoms with van der Waals surface area (Å²) in [6.07, 6.45) is 9.54. The Kier molecular flexibility index (Phi) is 22.5. The van der Waals surface area contributed by atoms with Gasteiger partial charge in [-0.1, -0.05) is 66.2 Å². The molecule has 15 nitrogen and oxygen atoms in total. The maximum atomic E-state index is 10.3. The lowest BCUT2D eigenvalue weighted by atomic mass is 10.0. The molecule has 0 fully saturated rings. The Morgan fingerprint density at radius 1 is 0.685 bits per heavy atom. The molecule has 3 rings (SSSR count). The molecule has 0 aromatic heterocycles. The number of nitro groups is 2. The number of nitrogens with two attached hydrogens (primary N) is 4. The number of aliphatic hydroxyl groups excluding tert-OH is 2. The van der Waals surface area contributed by atoms with Crippen LogP contribution in [0.1, 0.15) is 84.6 Å². The van der Waals surface area contributed by atoms with Gasteiger partial charge in [-0.2, -0.15) is 0 Å². The molecule has 0 radical (unpaired) electrons. The van der Waals surface area contributed by atoms with Crippen LogP contribution in [0.15, 0.2) is 48.5 Å². The first-order valence-electron chi connectivity index (χ1n) is 18.7. The highest BCUT2D eigenvalue weighted by molar-refractivity contribution is 5.67. The number of hydrogen-bond donors (Lipinski definition) is 6. The number of aliphatic hydroxyl groups is 2. The summed E-state index contributed by atoms with van der Waals surface area (Å²) in [5.41, 5.74) is 26.4. The van der Waals surface area contributed by atoms with E-state index in [1.165, 1.54) is 38.5 Å². The summed E-state index contributed by atoms with van der Waals surface area (Å²) in [6, 6.07) is 12.4. The monoisotopic (exact) mass is 757 g/mol. The van der Waals surface area contributed by atoms with Gasteiger partial charge in [-0.05, 0) is 61.4 Å². The van der Waals surface area contributed by atoms with E-state index in [1.54, 1.807) is 0 Å². The lowest BCUT2D eigenvalue weighted by Gasteiger charge is -2.23. The van der Waals surface area contributed by atoms with Crippen LogP contribution in [0.5, 0.6) is 11.5 Å². The second-order valence-corrected chi connectivity index (χ2v) is 13.1. The molecule has 10 N–H and O–H groups in total. The molecule has 0 aliphatic heterocycles. The Labute approximate surface area is 319 Å². The number of nitrogen functional groups attached to an aromatic ring is 4. The SMILES string of the molecule is CCCCC(CC)COc1cc(N)c(OCC(CC)CCCC)cc1N.Cc1cc(N(CCO)CCO)ccc1N.Nc1ccc([N+](=O)[O-])cc1[N+](=O)[O-]. The minimum Gasteiger partial charge on any atom is -0.491 e. The van der Waals surface area contributed by atoms with Crippen LogP contribution >= 0.6 is 0 Å². The highest BCUT2D eigenvalue weighted by atomic mass is 16.6. The van der Waals surface area contributed by atoms with Crippen molar-refractivity contribution in [3.63, 3.8) is 0 Å². The van der Waals surface area contributed by atoms with Gasteiger partial charge in [0, 0.05) is 42.7 Å². The third-order valence-corrected chi connectivity index (χ3v) is 8.96. The van der Waals surface area contributed by atoms with Crippen LogP contribution in [0.25, 0.3) is 0 Å². The predicted molar refractivity (Wildman–Crippen MR) is 219 cm³/mol. The number of benzene rings is 3. The van der Waals surface area contributed by atoms with Crippen molar-refractivity contribution >= 4 is 39.8 Å². The Morgan fingerprint density at radius 3 is 1.56 bits per heavy atom. The van der Waals surface area contributed by atoms with Gasteiger partial charge in [-0.25, -0.2) is 0 Å². The summed E-state index contributed by atoms with van der Waals surface area (Å²) in [5.74, 6) is 2.47. The van der Waals surface area contributed by atoms with Crippen LogP contribution in [-0.4, -0.2) is 59.6 Å². The number of anilines is 5. The average Bonchev–Trinajstić information content (AvgIpc) is 3.14. The molecule has 0 aliphatic carbocycles. The van der Waals surface area contributed by atoms with Crippen molar-refractivity contribution in [2.75, 3.05) is 67.4 Å². The van der Waals surface area contributed by atoms with E-state index in [4.69, 9.17) is 42.6 Å². The fourth-order valence-electron chi connectivity index (χ4n) is 5.32. The smallest absolute Gasteiger partial charge is 0.298 e. The highest BCUT2D eigenvalue weighted by Gasteiger charge is 2.17. The maximum Gasteiger partial charge on any atom is 0.298 e. The molecule has 0 amide bonds. The molecular weight excluding hydrogens is 694 g/mol. The van der Waals surface area contributed by atoms with Gasteiger partial charge < -0.3 is 47.5 Å². The molecule has 3 aromatic carbocycles. The van der Waals surface area contributed by atoms with Crippen molar-refractivity contribution in [3.8, 4) is 11.5 Å². The average molecular weight is 758 g/mol. The molecule has 3 aromatic rings. The molecule has 0 aliphatic rings. The van der Waals surface area contributed by atoms with Crippen LogP contribution in [0.4, 0.5) is 39.8 Å². The number of unbranched alkanes of at least 4 members (excludes halogenated alkanes) is 2. The molecule has 302 valence electrons. The first-order valence-corrected chi connectivity index (χ1v) is 18.7. The quantitative estimate of drug-likeness (QED) is 0.0350. The number of hydrogen-bond acceptors (Lipinski definition) is 13. The number of ether oxygens (including phenoxy) is 2. The van der Waals surface area contributed by atoms with Crippen LogP contribution in [0.2, 0.25) is 0 Å². The number of non-ortho nitro benzene ring substituents is 1. The van der Waals surface area contributed by atoms with Gasteiger partial charge in [0.1, 0.15) is 17.2 Å². The van der Waals surface area contributed by atoms with E-state index in [9.17, 15) is 20.2 Å². The zero-order valence-corrected chi connectivity index (χ0v) is 32.7. The summed E-state index contributed by atoms with van der Waals surface area (Å²) < 4.78 is 11.9. The maximum absolute atomic E-state index is 10.3. The number of aryl methyl sites for hydroxylation is 1. The zero-order chi connectivity index (χ0) is 40.6. The molecule has 0 saturated heterocycles. The molecule has 0 spiro atoms. The third kappa shape index (κ3) is 16.8. The summed E-state index contributed by atoms with van der Waals surface area (Å²) in [6.45, 7) is 13.4. The van der Waals surface area contributed by atoms with Gasteiger partial charge in [0.25, 0.3) is 11.4 Å². The molecule has 54 heavy (non-hydrogen) atoms. The molecule has 15 heteroatoms. The molecule has 0 heterocycles. The predicted octanol–water partition coefficient (Wildman–Crippen LogP) is 7.49. The molecule has 2 unspecified atom stereocenters. The van der Waals surface area contributed by atoms with E-state index in [2.05, 4.69) is 27.7 Å². The summed E-state index contributed by atoms with van der Waals surface area (Å²) in [7, 11) is 0. The van der Waals surface area contributed by atoms with E-state index >= 15 is 0 Å². The topological polar surface area (TPSA) is 253 Å². The fourth-order valence-corrected chi connectivity index (χ4v) is 5.32. The largest absolute Gasteiger partial charge is 0.491 e. The Balaban J connectivity index is 0.000000440. The molecule has 2 atom stereocenters. The Morgan fingerprint density at radius 2 is 1.17 bits per heavy atom. The van der Waals surface area contributed by atoms with Crippen LogP contribution in [0.3, 0.4) is 0 Å². The van der Waals surface area contributed by atoms with Crippen molar-refractivity contribution in [2.24, 2.45) is 11.8 Å². The van der Waals surface area contributed by atoms with Gasteiger partial charge in [-0.3, -0.25) is 20.2 Å². The lowest BCUT2D eigenvalue weighted by molar-refractivity contribution is -0.393. The fraction of sp³-hybridized carbons (Fsp3) is 0.538. The minimum atomic E-state index is -0.762. The highest BCUT2D eigenvalue weighted by Crippen LogP contribution is 2.34. The minimum absolute atomic E-state index is 0.0728. The standard InChI is InChI=1S/C22H40N2O2.C11H18N2O2.C6H5N3O4/c1-5-9-11-17(7-3)15-25-21-13-20(24)22(14-19(21)23)26-16-18(8-4)12-10-6-2;1-9-8-10(2-3-11(9)12)13(4-6-14)5-7-15;7-5-2-1-4(8(10)11)3-6(5)9(12)13/h13-14,17-18H,5-12,15-16,23-24H2,1-4H3;2-3,8,14-15H,4-7,12H2,1H3;1-3H,7H2. The van der Waals surface area contributed by atoms with E-state index in [0.717, 1.165) is 48.0 Å². The second kappa shape index (κ2) is 25.9. The lowest BCUT2D eigenvalue weighted by Crippen LogP contribution is -2.29. The van der Waals surface area contributed by atoms with E-state index < -0.39 is 15.5 Å². The van der Waals surface area contributed by atoms with Crippen molar-refractivity contribution < 1.29 is 29.5 Å². The van der Waals surface area contributed by atoms with E-state index in [-0.39, 0.29) is 24.6 Å². The van der Waals surface area contributed by atoms with Gasteiger partial charge >= 0.3 is 0 Å². The normalized spacial score (nSPS) is 11.6.